The largest absolute Gasteiger partial charge is 0.494 e. The molecule has 1 N–H and O–H groups in total. The third-order valence-corrected chi connectivity index (χ3v) is 5.54. The monoisotopic (exact) mass is 377 g/mol. The Hall–Kier alpha value is -2.61. The third kappa shape index (κ3) is 3.12. The predicted molar refractivity (Wildman–Crippen MR) is 93.6 cm³/mol. The molecule has 0 spiro atoms. The van der Waals surface area contributed by atoms with Crippen LogP contribution >= 0.6 is 0 Å². The van der Waals surface area contributed by atoms with Crippen molar-refractivity contribution in [3.63, 3.8) is 0 Å². The molecule has 1 aliphatic heterocycles. The molecule has 1 aliphatic rings. The molecule has 0 amide bonds. The van der Waals surface area contributed by atoms with Crippen LogP contribution in [0.4, 0.5) is 0 Å². The van der Waals surface area contributed by atoms with Gasteiger partial charge in [-0.2, -0.15) is 0 Å². The fraction of sp³-hybridized carbons (Fsp3) is 0.333. The van der Waals surface area contributed by atoms with E-state index < -0.39 is 27.5 Å². The van der Waals surface area contributed by atoms with E-state index in [-0.39, 0.29) is 10.6 Å². The second-order valence-corrected chi connectivity index (χ2v) is 8.16. The first-order valence-corrected chi connectivity index (χ1v) is 10.1. The number of sulfone groups is 1. The van der Waals surface area contributed by atoms with Crippen molar-refractivity contribution in [1.29, 1.82) is 0 Å². The minimum atomic E-state index is -3.69. The van der Waals surface area contributed by atoms with Gasteiger partial charge in [-0.3, -0.25) is 9.59 Å². The number of hydrogen-bond acceptors (Lipinski definition) is 5. The lowest BCUT2D eigenvalue weighted by Gasteiger charge is -2.09. The summed E-state index contributed by atoms with van der Waals surface area (Å²) < 4.78 is 31.2. The molecule has 8 heteroatoms. The first kappa shape index (κ1) is 18.2. The predicted octanol–water partition coefficient (Wildman–Crippen LogP) is 2.09. The molecule has 3 rings (SSSR count). The van der Waals surface area contributed by atoms with E-state index in [1.807, 2.05) is 6.92 Å². The van der Waals surface area contributed by atoms with Crippen LogP contribution in [0.2, 0.25) is 0 Å². The van der Waals surface area contributed by atoms with Crippen LogP contribution < -0.4 is 4.74 Å². The number of benzene rings is 1. The molecular weight excluding hydrogens is 358 g/mol. The van der Waals surface area contributed by atoms with Crippen LogP contribution in [0.15, 0.2) is 35.2 Å². The van der Waals surface area contributed by atoms with Gasteiger partial charge in [0.2, 0.25) is 5.78 Å². The van der Waals surface area contributed by atoms with Gasteiger partial charge in [0.15, 0.2) is 9.84 Å². The minimum absolute atomic E-state index is 0.0235. The van der Waals surface area contributed by atoms with E-state index in [1.54, 1.807) is 24.3 Å². The molecule has 1 aromatic carbocycles. The fourth-order valence-electron chi connectivity index (χ4n) is 3.25. The summed E-state index contributed by atoms with van der Waals surface area (Å²) in [5.74, 6) is -1.68. The van der Waals surface area contributed by atoms with E-state index in [2.05, 4.69) is 0 Å². The first-order chi connectivity index (χ1) is 12.2. The van der Waals surface area contributed by atoms with Crippen LogP contribution in [-0.4, -0.2) is 42.7 Å². The summed E-state index contributed by atoms with van der Waals surface area (Å²) in [6.07, 6.45) is 1.35. The lowest BCUT2D eigenvalue weighted by atomic mass is 10.1. The molecule has 0 saturated heterocycles. The van der Waals surface area contributed by atoms with E-state index in [9.17, 15) is 23.1 Å². The molecule has 1 atom stereocenters. The summed E-state index contributed by atoms with van der Waals surface area (Å²) >= 11 is 0. The van der Waals surface area contributed by atoms with Crippen LogP contribution in [0, 0.1) is 0 Å². The van der Waals surface area contributed by atoms with Crippen molar-refractivity contribution in [2.75, 3.05) is 12.9 Å². The summed E-state index contributed by atoms with van der Waals surface area (Å²) in [4.78, 5) is 24.3. The number of hydrogen-bond donors (Lipinski definition) is 1. The Balaban J connectivity index is 2.10. The zero-order valence-electron chi connectivity index (χ0n) is 14.4. The van der Waals surface area contributed by atoms with E-state index in [1.165, 1.54) is 10.6 Å². The highest BCUT2D eigenvalue weighted by Crippen LogP contribution is 2.36. The van der Waals surface area contributed by atoms with E-state index in [4.69, 9.17) is 4.74 Å². The summed E-state index contributed by atoms with van der Waals surface area (Å²) in [5, 5.41) is 9.34. The van der Waals surface area contributed by atoms with Crippen molar-refractivity contribution in [1.82, 2.24) is 4.57 Å². The van der Waals surface area contributed by atoms with Crippen LogP contribution in [0.5, 0.6) is 5.75 Å². The molecule has 26 heavy (non-hydrogen) atoms. The second-order valence-electron chi connectivity index (χ2n) is 6.17. The number of aliphatic carboxylic acids is 1. The molecule has 1 unspecified atom stereocenters. The molecular formula is C18H19NO6S. The number of ketones is 1. The maximum Gasteiger partial charge on any atom is 0.312 e. The number of carbonyl (C=O) groups excluding carboxylic acids is 1. The summed E-state index contributed by atoms with van der Waals surface area (Å²) in [6.45, 7) is 2.63. The first-order valence-electron chi connectivity index (χ1n) is 8.18. The highest BCUT2D eigenvalue weighted by atomic mass is 32.2. The maximum atomic E-state index is 13.0. The molecule has 2 heterocycles. The van der Waals surface area contributed by atoms with Gasteiger partial charge < -0.3 is 14.4 Å². The molecule has 2 aromatic rings. The topological polar surface area (TPSA) is 103 Å². The average Bonchev–Trinajstić information content (AvgIpc) is 3.13. The molecule has 138 valence electrons. The van der Waals surface area contributed by atoms with Crippen LogP contribution in [-0.2, 0) is 21.2 Å². The van der Waals surface area contributed by atoms with Crippen molar-refractivity contribution in [3.05, 3.63) is 47.3 Å². The van der Waals surface area contributed by atoms with Crippen LogP contribution in [0.1, 0.15) is 41.0 Å². The number of carbonyl (C=O) groups is 2. The average molecular weight is 377 g/mol. The van der Waals surface area contributed by atoms with Crippen molar-refractivity contribution < 1.29 is 27.9 Å². The van der Waals surface area contributed by atoms with Gasteiger partial charge in [0.25, 0.3) is 0 Å². The Morgan fingerprint density at radius 2 is 1.92 bits per heavy atom. The number of fused-ring (bicyclic) bond motifs is 1. The van der Waals surface area contributed by atoms with Crippen LogP contribution in [0.25, 0.3) is 0 Å². The number of ether oxygens (including phenoxy) is 1. The highest BCUT2D eigenvalue weighted by molar-refractivity contribution is 7.90. The van der Waals surface area contributed by atoms with Gasteiger partial charge >= 0.3 is 5.97 Å². The highest BCUT2D eigenvalue weighted by Gasteiger charge is 2.36. The Morgan fingerprint density at radius 3 is 2.46 bits per heavy atom. The standard InChI is InChI=1S/C18H19NO6S/c1-3-25-12-6-4-11(5-7-12)17(20)16-15(26(2,23)24)10-14-13(18(21)22)8-9-19(14)16/h4-7,10,13H,3,8-9H2,1-2H3,(H,21,22). The summed E-state index contributed by atoms with van der Waals surface area (Å²) in [5.41, 5.74) is 0.695. The van der Waals surface area contributed by atoms with E-state index >= 15 is 0 Å². The lowest BCUT2D eigenvalue weighted by molar-refractivity contribution is -0.138. The normalized spacial score (nSPS) is 16.3. The summed E-state index contributed by atoms with van der Waals surface area (Å²) in [7, 11) is -3.69. The minimum Gasteiger partial charge on any atom is -0.494 e. The number of nitrogens with zero attached hydrogens (tertiary/aromatic N) is 1. The van der Waals surface area contributed by atoms with Crippen molar-refractivity contribution >= 4 is 21.6 Å². The molecule has 0 bridgehead atoms. The SMILES string of the molecule is CCOc1ccc(C(=O)c2c(S(C)(=O)=O)cc3n2CCC3C(=O)O)cc1. The molecule has 0 fully saturated rings. The number of rotatable bonds is 6. The van der Waals surface area contributed by atoms with Gasteiger partial charge in [0.05, 0.1) is 17.4 Å². The van der Waals surface area contributed by atoms with Gasteiger partial charge in [-0.05, 0) is 43.7 Å². The van der Waals surface area contributed by atoms with Gasteiger partial charge in [0.1, 0.15) is 11.4 Å². The van der Waals surface area contributed by atoms with Crippen molar-refractivity contribution in [2.45, 2.75) is 30.7 Å². The second kappa shape index (κ2) is 6.60. The van der Waals surface area contributed by atoms with E-state index in [0.717, 1.165) is 6.26 Å². The lowest BCUT2D eigenvalue weighted by Crippen LogP contribution is -2.13. The molecule has 0 radical (unpaired) electrons. The molecule has 7 nitrogen and oxygen atoms in total. The van der Waals surface area contributed by atoms with Gasteiger partial charge in [-0.25, -0.2) is 8.42 Å². The zero-order chi connectivity index (χ0) is 19.1. The van der Waals surface area contributed by atoms with Gasteiger partial charge in [-0.1, -0.05) is 0 Å². The smallest absolute Gasteiger partial charge is 0.312 e. The maximum absolute atomic E-state index is 13.0. The Labute approximate surface area is 151 Å². The third-order valence-electron chi connectivity index (χ3n) is 4.43. The number of carboxylic acid groups (broad SMARTS) is 1. The molecule has 1 aromatic heterocycles. The molecule has 0 saturated carbocycles. The molecule has 0 aliphatic carbocycles. The summed E-state index contributed by atoms with van der Waals surface area (Å²) in [6, 6.07) is 7.75. The van der Waals surface area contributed by atoms with Crippen LogP contribution in [0.3, 0.4) is 0 Å². The Morgan fingerprint density at radius 1 is 1.27 bits per heavy atom. The number of carboxylic acids is 1. The number of aromatic nitrogens is 1. The Bertz CT molecular complexity index is 972. The van der Waals surface area contributed by atoms with Gasteiger partial charge in [-0.15, -0.1) is 0 Å². The van der Waals surface area contributed by atoms with Crippen molar-refractivity contribution in [2.24, 2.45) is 0 Å². The van der Waals surface area contributed by atoms with Crippen molar-refractivity contribution in [3.8, 4) is 5.75 Å². The fourth-order valence-corrected chi connectivity index (χ4v) is 4.14. The van der Waals surface area contributed by atoms with Gasteiger partial charge in [0, 0.05) is 24.1 Å². The zero-order valence-corrected chi connectivity index (χ0v) is 15.2. The quantitative estimate of drug-likeness (QED) is 0.774. The Kier molecular flexibility index (Phi) is 4.62. The van der Waals surface area contributed by atoms with E-state index in [0.29, 0.717) is 36.6 Å².